The molecule has 5 nitrogen and oxygen atoms in total. The van der Waals surface area contributed by atoms with Crippen LogP contribution in [0.2, 0.25) is 0 Å². The molecule has 0 aromatic heterocycles. The summed E-state index contributed by atoms with van der Waals surface area (Å²) in [4.78, 5) is 15.0. The number of rotatable bonds is 3. The Kier molecular flexibility index (Phi) is 3.61. The Hall–Kier alpha value is -1.82. The second-order valence-electron chi connectivity index (χ2n) is 5.05. The number of hydrogen-bond donors (Lipinski definition) is 2. The number of benzene rings is 1. The molecular weight excluding hydrogens is 249 g/mol. The van der Waals surface area contributed by atoms with Crippen molar-refractivity contribution in [1.29, 1.82) is 0 Å². The van der Waals surface area contributed by atoms with Crippen LogP contribution in [-0.2, 0) is 0 Å². The van der Waals surface area contributed by atoms with Crippen LogP contribution in [0.25, 0.3) is 0 Å². The second-order valence-corrected chi connectivity index (χ2v) is 5.05. The Bertz CT molecular complexity index is 505. The summed E-state index contributed by atoms with van der Waals surface area (Å²) in [5.74, 6) is -2.05. The molecule has 1 fully saturated rings. The lowest BCUT2D eigenvalue weighted by Crippen LogP contribution is -2.31. The molecular formula is C13H18FN3O2. The van der Waals surface area contributed by atoms with E-state index in [1.165, 1.54) is 12.1 Å². The van der Waals surface area contributed by atoms with Crippen molar-refractivity contribution < 1.29 is 14.3 Å². The maximum Gasteiger partial charge on any atom is 0.338 e. The molecule has 104 valence electrons. The molecule has 1 heterocycles. The van der Waals surface area contributed by atoms with Gasteiger partial charge in [0.05, 0.1) is 16.9 Å². The molecule has 1 aromatic carbocycles. The lowest BCUT2D eigenvalue weighted by molar-refractivity contribution is 0.0692. The summed E-state index contributed by atoms with van der Waals surface area (Å²) in [5.41, 5.74) is 6.34. The molecule has 1 aliphatic heterocycles. The number of anilines is 2. The normalized spacial score (nSPS) is 19.2. The molecule has 1 aromatic rings. The second kappa shape index (κ2) is 5.05. The quantitative estimate of drug-likeness (QED) is 0.807. The molecule has 1 aliphatic rings. The maximum absolute atomic E-state index is 13.7. The van der Waals surface area contributed by atoms with Gasteiger partial charge in [-0.25, -0.2) is 9.18 Å². The van der Waals surface area contributed by atoms with Gasteiger partial charge in [-0.15, -0.1) is 0 Å². The van der Waals surface area contributed by atoms with Crippen LogP contribution < -0.4 is 10.6 Å². The zero-order valence-corrected chi connectivity index (χ0v) is 11.1. The largest absolute Gasteiger partial charge is 0.478 e. The number of nitrogens with zero attached hydrogens (tertiary/aromatic N) is 2. The Balaban J connectivity index is 2.27. The molecule has 1 unspecified atom stereocenters. The zero-order valence-electron chi connectivity index (χ0n) is 11.1. The van der Waals surface area contributed by atoms with E-state index in [1.807, 2.05) is 19.0 Å². The molecule has 3 N–H and O–H groups in total. The summed E-state index contributed by atoms with van der Waals surface area (Å²) in [6.07, 6.45) is 0.981. The average Bonchev–Trinajstić information content (AvgIpc) is 2.80. The van der Waals surface area contributed by atoms with Gasteiger partial charge in [-0.1, -0.05) is 0 Å². The van der Waals surface area contributed by atoms with Crippen LogP contribution in [0.4, 0.5) is 15.8 Å². The predicted octanol–water partition coefficient (Wildman–Crippen LogP) is 1.25. The monoisotopic (exact) mass is 267 g/mol. The number of aromatic carboxylic acids is 1. The maximum atomic E-state index is 13.7. The fourth-order valence-corrected chi connectivity index (χ4v) is 2.40. The molecule has 19 heavy (non-hydrogen) atoms. The van der Waals surface area contributed by atoms with Crippen LogP contribution in [0.5, 0.6) is 0 Å². The van der Waals surface area contributed by atoms with Gasteiger partial charge in [0.15, 0.2) is 0 Å². The van der Waals surface area contributed by atoms with Crippen molar-refractivity contribution in [1.82, 2.24) is 4.90 Å². The number of carboxylic acid groups (broad SMARTS) is 1. The summed E-state index contributed by atoms with van der Waals surface area (Å²) in [6, 6.07) is 2.81. The van der Waals surface area contributed by atoms with Gasteiger partial charge in [-0.05, 0) is 26.6 Å². The van der Waals surface area contributed by atoms with E-state index in [9.17, 15) is 9.18 Å². The minimum absolute atomic E-state index is 0.304. The lowest BCUT2D eigenvalue weighted by Gasteiger charge is -2.23. The van der Waals surface area contributed by atoms with Gasteiger partial charge in [0.1, 0.15) is 5.82 Å². The highest BCUT2D eigenvalue weighted by atomic mass is 19.1. The number of nitrogens with two attached hydrogens (primary N) is 1. The van der Waals surface area contributed by atoms with Gasteiger partial charge in [0.25, 0.3) is 0 Å². The van der Waals surface area contributed by atoms with Crippen molar-refractivity contribution >= 4 is 17.3 Å². The van der Waals surface area contributed by atoms with E-state index in [-0.39, 0.29) is 5.56 Å². The molecule has 0 spiro atoms. The van der Waals surface area contributed by atoms with E-state index in [0.29, 0.717) is 17.4 Å². The van der Waals surface area contributed by atoms with E-state index < -0.39 is 11.8 Å². The predicted molar refractivity (Wildman–Crippen MR) is 72.1 cm³/mol. The third-order valence-corrected chi connectivity index (χ3v) is 3.58. The van der Waals surface area contributed by atoms with E-state index in [0.717, 1.165) is 19.5 Å². The molecule has 0 radical (unpaired) electrons. The van der Waals surface area contributed by atoms with Crippen LogP contribution in [0.15, 0.2) is 12.1 Å². The van der Waals surface area contributed by atoms with Gasteiger partial charge in [0.2, 0.25) is 0 Å². The van der Waals surface area contributed by atoms with Crippen LogP contribution in [0.3, 0.4) is 0 Å². The molecule has 0 aliphatic carbocycles. The summed E-state index contributed by atoms with van der Waals surface area (Å²) >= 11 is 0. The average molecular weight is 267 g/mol. The van der Waals surface area contributed by atoms with Crippen LogP contribution in [0.1, 0.15) is 16.8 Å². The topological polar surface area (TPSA) is 69.8 Å². The standard InChI is InChI=1S/C13H18FN3O2/c1-16(2)8-3-4-17(7-8)12-6-10(14)9(13(18)19)5-11(12)15/h5-6,8H,3-4,7,15H2,1-2H3,(H,18,19). The lowest BCUT2D eigenvalue weighted by atomic mass is 10.1. The molecule has 0 bridgehead atoms. The van der Waals surface area contributed by atoms with Crippen molar-refractivity contribution in [3.05, 3.63) is 23.5 Å². The molecule has 1 saturated heterocycles. The number of hydrogen-bond acceptors (Lipinski definition) is 4. The molecule has 0 saturated carbocycles. The molecule has 6 heteroatoms. The summed E-state index contributed by atoms with van der Waals surface area (Å²) in [5, 5.41) is 8.85. The van der Waals surface area contributed by atoms with Crippen LogP contribution >= 0.6 is 0 Å². The molecule has 0 amide bonds. The van der Waals surface area contributed by atoms with Crippen molar-refractivity contribution in [3.63, 3.8) is 0 Å². The van der Waals surface area contributed by atoms with E-state index in [2.05, 4.69) is 4.90 Å². The van der Waals surface area contributed by atoms with E-state index in [1.54, 1.807) is 0 Å². The summed E-state index contributed by atoms with van der Waals surface area (Å²) < 4.78 is 13.7. The fourth-order valence-electron chi connectivity index (χ4n) is 2.40. The Morgan fingerprint density at radius 1 is 1.53 bits per heavy atom. The number of carboxylic acids is 1. The van der Waals surface area contributed by atoms with Gasteiger partial charge < -0.3 is 20.6 Å². The summed E-state index contributed by atoms with van der Waals surface area (Å²) in [6.45, 7) is 1.56. The number of carbonyl (C=O) groups is 1. The van der Waals surface area contributed by atoms with Gasteiger partial charge in [0, 0.05) is 25.2 Å². The van der Waals surface area contributed by atoms with Crippen molar-refractivity contribution in [2.24, 2.45) is 0 Å². The van der Waals surface area contributed by atoms with Crippen molar-refractivity contribution in [2.75, 3.05) is 37.8 Å². The Labute approximate surface area is 111 Å². The van der Waals surface area contributed by atoms with Gasteiger partial charge in [-0.3, -0.25) is 0 Å². The van der Waals surface area contributed by atoms with Gasteiger partial charge in [-0.2, -0.15) is 0 Å². The fraction of sp³-hybridized carbons (Fsp3) is 0.462. The number of nitrogen functional groups attached to an aromatic ring is 1. The Morgan fingerprint density at radius 3 is 2.74 bits per heavy atom. The van der Waals surface area contributed by atoms with E-state index >= 15 is 0 Å². The molecule has 2 rings (SSSR count). The number of likely N-dealkylation sites (N-methyl/N-ethyl adjacent to an activating group) is 1. The summed E-state index contributed by atoms with van der Waals surface area (Å²) in [7, 11) is 4.01. The third-order valence-electron chi connectivity index (χ3n) is 3.58. The Morgan fingerprint density at radius 2 is 2.21 bits per heavy atom. The highest BCUT2D eigenvalue weighted by Gasteiger charge is 2.26. The molecule has 1 atom stereocenters. The first-order valence-corrected chi connectivity index (χ1v) is 6.14. The van der Waals surface area contributed by atoms with Crippen LogP contribution in [-0.4, -0.2) is 49.2 Å². The SMILES string of the molecule is CN(C)C1CCN(c2cc(F)c(C(=O)O)cc2N)C1. The smallest absolute Gasteiger partial charge is 0.338 e. The van der Waals surface area contributed by atoms with Crippen molar-refractivity contribution in [3.8, 4) is 0 Å². The van der Waals surface area contributed by atoms with E-state index in [4.69, 9.17) is 10.8 Å². The zero-order chi connectivity index (χ0) is 14.2. The number of halogens is 1. The highest BCUT2D eigenvalue weighted by Crippen LogP contribution is 2.30. The highest BCUT2D eigenvalue weighted by molar-refractivity contribution is 5.91. The van der Waals surface area contributed by atoms with Crippen molar-refractivity contribution in [2.45, 2.75) is 12.5 Å². The van der Waals surface area contributed by atoms with Gasteiger partial charge >= 0.3 is 5.97 Å². The first-order chi connectivity index (χ1) is 8.90. The first kappa shape index (κ1) is 13.6. The first-order valence-electron chi connectivity index (χ1n) is 6.14. The minimum Gasteiger partial charge on any atom is -0.478 e. The van der Waals surface area contributed by atoms with Crippen LogP contribution in [0, 0.1) is 5.82 Å². The third kappa shape index (κ3) is 2.63. The minimum atomic E-state index is -1.30.